The van der Waals surface area contributed by atoms with Crippen LogP contribution >= 0.6 is 0 Å². The molecule has 1 aliphatic heterocycles. The summed E-state index contributed by atoms with van der Waals surface area (Å²) in [6.07, 6.45) is 4.69. The smallest absolute Gasteiger partial charge is 0.195 e. The van der Waals surface area contributed by atoms with E-state index in [4.69, 9.17) is 9.47 Å². The largest absolute Gasteiger partial charge is 0.490 e. The summed E-state index contributed by atoms with van der Waals surface area (Å²) in [6.45, 7) is 2.01. The third kappa shape index (κ3) is 3.94. The van der Waals surface area contributed by atoms with Crippen LogP contribution in [0.3, 0.4) is 0 Å². The number of guanidine groups is 1. The third-order valence-corrected chi connectivity index (χ3v) is 3.45. The van der Waals surface area contributed by atoms with Gasteiger partial charge >= 0.3 is 0 Å². The Bertz CT molecular complexity index is 696. The third-order valence-electron chi connectivity index (χ3n) is 3.45. The van der Waals surface area contributed by atoms with Crippen LogP contribution in [0.1, 0.15) is 12.0 Å². The quantitative estimate of drug-likeness (QED) is 0.667. The number of rotatable bonds is 3. The average Bonchev–Trinajstić information content (AvgIpc) is 2.83. The molecular formula is C16H21N5O2. The van der Waals surface area contributed by atoms with Crippen molar-refractivity contribution in [1.82, 2.24) is 15.1 Å². The molecule has 7 heteroatoms. The number of benzene rings is 1. The first-order valence-electron chi connectivity index (χ1n) is 7.59. The molecule has 2 N–H and O–H groups in total. The summed E-state index contributed by atoms with van der Waals surface area (Å²) in [7, 11) is 3.63. The van der Waals surface area contributed by atoms with E-state index in [1.165, 1.54) is 0 Å². The second-order valence-corrected chi connectivity index (χ2v) is 5.29. The van der Waals surface area contributed by atoms with Gasteiger partial charge in [-0.3, -0.25) is 9.67 Å². The summed E-state index contributed by atoms with van der Waals surface area (Å²) < 4.78 is 13.1. The molecular weight excluding hydrogens is 294 g/mol. The number of hydrogen-bond donors (Lipinski definition) is 2. The van der Waals surface area contributed by atoms with Gasteiger partial charge < -0.3 is 20.1 Å². The van der Waals surface area contributed by atoms with Crippen molar-refractivity contribution in [2.75, 3.05) is 25.6 Å². The van der Waals surface area contributed by atoms with Crippen LogP contribution in [0.15, 0.2) is 35.6 Å². The first-order valence-corrected chi connectivity index (χ1v) is 7.59. The van der Waals surface area contributed by atoms with Gasteiger partial charge in [0.2, 0.25) is 0 Å². The number of anilines is 1. The van der Waals surface area contributed by atoms with Crippen molar-refractivity contribution in [2.45, 2.75) is 13.0 Å². The van der Waals surface area contributed by atoms with Crippen LogP contribution in [0.5, 0.6) is 11.5 Å². The van der Waals surface area contributed by atoms with Crippen molar-refractivity contribution in [2.24, 2.45) is 12.0 Å². The van der Waals surface area contributed by atoms with Crippen molar-refractivity contribution in [3.8, 4) is 11.5 Å². The van der Waals surface area contributed by atoms with Crippen LogP contribution in [0.2, 0.25) is 0 Å². The molecule has 0 amide bonds. The van der Waals surface area contributed by atoms with Gasteiger partial charge in [0, 0.05) is 50.6 Å². The number of fused-ring (bicyclic) bond motifs is 1. The molecule has 0 bridgehead atoms. The fourth-order valence-corrected chi connectivity index (χ4v) is 2.31. The van der Waals surface area contributed by atoms with E-state index in [0.717, 1.165) is 29.2 Å². The van der Waals surface area contributed by atoms with Gasteiger partial charge in [0.1, 0.15) is 0 Å². The number of nitrogens with one attached hydrogen (secondary N) is 2. The number of aryl methyl sites for hydroxylation is 1. The molecule has 2 heterocycles. The minimum Gasteiger partial charge on any atom is -0.490 e. The highest BCUT2D eigenvalue weighted by atomic mass is 16.5. The van der Waals surface area contributed by atoms with E-state index in [0.29, 0.717) is 25.7 Å². The highest BCUT2D eigenvalue weighted by molar-refractivity contribution is 5.93. The molecule has 2 aromatic rings. The zero-order valence-corrected chi connectivity index (χ0v) is 13.4. The zero-order chi connectivity index (χ0) is 16.1. The van der Waals surface area contributed by atoms with Gasteiger partial charge in [-0.15, -0.1) is 0 Å². The van der Waals surface area contributed by atoms with Crippen LogP contribution in [0.25, 0.3) is 0 Å². The van der Waals surface area contributed by atoms with E-state index < -0.39 is 0 Å². The van der Waals surface area contributed by atoms with Gasteiger partial charge in [-0.05, 0) is 12.1 Å². The fourth-order valence-electron chi connectivity index (χ4n) is 2.31. The molecule has 1 aromatic heterocycles. The van der Waals surface area contributed by atoms with E-state index in [2.05, 4.69) is 20.7 Å². The van der Waals surface area contributed by atoms with Crippen LogP contribution in [-0.2, 0) is 13.6 Å². The molecule has 122 valence electrons. The summed E-state index contributed by atoms with van der Waals surface area (Å²) in [4.78, 5) is 4.23. The monoisotopic (exact) mass is 315 g/mol. The molecule has 0 fully saturated rings. The molecule has 0 saturated carbocycles. The van der Waals surface area contributed by atoms with E-state index in [1.54, 1.807) is 11.7 Å². The van der Waals surface area contributed by atoms with Gasteiger partial charge in [0.05, 0.1) is 19.4 Å². The molecule has 0 saturated heterocycles. The van der Waals surface area contributed by atoms with E-state index in [1.807, 2.05) is 37.6 Å². The van der Waals surface area contributed by atoms with E-state index >= 15 is 0 Å². The lowest BCUT2D eigenvalue weighted by Gasteiger charge is -2.13. The molecule has 0 unspecified atom stereocenters. The minimum atomic E-state index is 0.651. The van der Waals surface area contributed by atoms with Crippen LogP contribution in [0, 0.1) is 0 Å². The summed E-state index contributed by atoms with van der Waals surface area (Å²) in [5.41, 5.74) is 1.99. The van der Waals surface area contributed by atoms with Crippen molar-refractivity contribution in [3.05, 3.63) is 36.2 Å². The molecule has 7 nitrogen and oxygen atoms in total. The summed E-state index contributed by atoms with van der Waals surface area (Å²) in [5.74, 6) is 2.23. The lowest BCUT2D eigenvalue weighted by Crippen LogP contribution is -2.30. The number of aliphatic imine (C=N–C) groups is 1. The van der Waals surface area contributed by atoms with Crippen LogP contribution in [0.4, 0.5) is 5.69 Å². The highest BCUT2D eigenvalue weighted by Gasteiger charge is 2.11. The minimum absolute atomic E-state index is 0.651. The van der Waals surface area contributed by atoms with Crippen molar-refractivity contribution >= 4 is 11.6 Å². The molecule has 0 radical (unpaired) electrons. The Morgan fingerprint density at radius 1 is 1.30 bits per heavy atom. The Labute approximate surface area is 135 Å². The van der Waals surface area contributed by atoms with Gasteiger partial charge in [0.25, 0.3) is 0 Å². The summed E-state index contributed by atoms with van der Waals surface area (Å²) in [5, 5.41) is 10.7. The van der Waals surface area contributed by atoms with Gasteiger partial charge in [0.15, 0.2) is 17.5 Å². The van der Waals surface area contributed by atoms with Gasteiger partial charge in [-0.1, -0.05) is 0 Å². The maximum Gasteiger partial charge on any atom is 0.195 e. The second kappa shape index (κ2) is 7.04. The zero-order valence-electron chi connectivity index (χ0n) is 13.4. The van der Waals surface area contributed by atoms with Crippen LogP contribution < -0.4 is 20.1 Å². The maximum atomic E-state index is 5.70. The van der Waals surface area contributed by atoms with Crippen LogP contribution in [-0.4, -0.2) is 36.0 Å². The first kappa shape index (κ1) is 15.2. The lowest BCUT2D eigenvalue weighted by molar-refractivity contribution is 0.297. The molecule has 0 atom stereocenters. The molecule has 3 rings (SSSR count). The Hall–Kier alpha value is -2.70. The lowest BCUT2D eigenvalue weighted by atomic mass is 10.2. The topological polar surface area (TPSA) is 72.7 Å². The Balaban J connectivity index is 1.63. The summed E-state index contributed by atoms with van der Waals surface area (Å²) in [6, 6.07) is 5.79. The van der Waals surface area contributed by atoms with E-state index in [9.17, 15) is 0 Å². The average molecular weight is 315 g/mol. The normalized spacial score (nSPS) is 14.3. The predicted molar refractivity (Wildman–Crippen MR) is 89.1 cm³/mol. The predicted octanol–water partition coefficient (Wildman–Crippen LogP) is 1.77. The Kier molecular flexibility index (Phi) is 4.65. The van der Waals surface area contributed by atoms with Crippen molar-refractivity contribution in [1.29, 1.82) is 0 Å². The molecule has 0 aliphatic carbocycles. The first-order chi connectivity index (χ1) is 11.2. The number of nitrogens with zero attached hydrogens (tertiary/aromatic N) is 3. The standard InChI is InChI=1S/C16H21N5O2/c1-17-16(18-9-12-10-19-21(2)11-12)20-13-4-5-14-15(8-13)23-7-3-6-22-14/h4-5,8,10-11H,3,6-7,9H2,1-2H3,(H2,17,18,20). The number of ether oxygens (including phenoxy) is 2. The summed E-state index contributed by atoms with van der Waals surface area (Å²) >= 11 is 0. The number of aromatic nitrogens is 2. The SMILES string of the molecule is CN=C(NCc1cnn(C)c1)Nc1ccc2c(c1)OCCCO2. The highest BCUT2D eigenvalue weighted by Crippen LogP contribution is 2.32. The Morgan fingerprint density at radius 2 is 2.13 bits per heavy atom. The second-order valence-electron chi connectivity index (χ2n) is 5.29. The molecule has 1 aliphatic rings. The molecule has 1 aromatic carbocycles. The van der Waals surface area contributed by atoms with Gasteiger partial charge in [-0.2, -0.15) is 5.10 Å². The van der Waals surface area contributed by atoms with E-state index in [-0.39, 0.29) is 0 Å². The fraction of sp³-hybridized carbons (Fsp3) is 0.375. The molecule has 23 heavy (non-hydrogen) atoms. The van der Waals surface area contributed by atoms with Crippen molar-refractivity contribution < 1.29 is 9.47 Å². The molecule has 0 spiro atoms. The van der Waals surface area contributed by atoms with Gasteiger partial charge in [-0.25, -0.2) is 0 Å². The van der Waals surface area contributed by atoms with Crippen molar-refractivity contribution in [3.63, 3.8) is 0 Å². The maximum absolute atomic E-state index is 5.70. The number of hydrogen-bond acceptors (Lipinski definition) is 4. The Morgan fingerprint density at radius 3 is 2.87 bits per heavy atom.